The van der Waals surface area contributed by atoms with E-state index in [1.54, 1.807) is 7.05 Å². The smallest absolute Gasteiger partial charge is 0.190 e. The Morgan fingerprint density at radius 3 is 2.60 bits per heavy atom. The van der Waals surface area contributed by atoms with Crippen molar-refractivity contribution in [2.75, 3.05) is 60.2 Å². The molecule has 2 fully saturated rings. The van der Waals surface area contributed by atoms with Crippen molar-refractivity contribution < 1.29 is 9.47 Å². The number of nitrogens with one attached hydrogen (secondary N) is 2. The van der Waals surface area contributed by atoms with Crippen LogP contribution >= 0.6 is 24.0 Å². The number of guanidine groups is 1. The van der Waals surface area contributed by atoms with Crippen molar-refractivity contribution in [1.29, 1.82) is 0 Å². The molecule has 2 N–H and O–H groups in total. The molecular weight excluding hydrogens is 371 g/mol. The standard InChI is InChI=1S/C13H26N4O2.HI/c1-14-13(15-2)16-9-12(11-3-6-19-10-11)17-4-7-18-8-5-17;/h11-12H,3-10H2,1-2H3,(H2,14,15,16);1H. The molecule has 2 aliphatic rings. The first-order valence-electron chi connectivity index (χ1n) is 7.13. The van der Waals surface area contributed by atoms with Crippen LogP contribution in [0.25, 0.3) is 0 Å². The maximum Gasteiger partial charge on any atom is 0.190 e. The van der Waals surface area contributed by atoms with Crippen molar-refractivity contribution in [3.05, 3.63) is 0 Å². The highest BCUT2D eigenvalue weighted by atomic mass is 127. The number of aliphatic imine (C=N–C) groups is 1. The fourth-order valence-electron chi connectivity index (χ4n) is 2.84. The Labute approximate surface area is 138 Å². The van der Waals surface area contributed by atoms with Crippen molar-refractivity contribution >= 4 is 29.9 Å². The van der Waals surface area contributed by atoms with Gasteiger partial charge in [-0.1, -0.05) is 0 Å². The number of rotatable bonds is 4. The average molecular weight is 398 g/mol. The minimum atomic E-state index is 0. The van der Waals surface area contributed by atoms with Gasteiger partial charge in [-0.2, -0.15) is 0 Å². The number of ether oxygens (including phenoxy) is 2. The molecule has 0 bridgehead atoms. The molecule has 0 radical (unpaired) electrons. The molecule has 118 valence electrons. The summed E-state index contributed by atoms with van der Waals surface area (Å²) in [7, 11) is 3.68. The van der Waals surface area contributed by atoms with Crippen LogP contribution < -0.4 is 10.6 Å². The summed E-state index contributed by atoms with van der Waals surface area (Å²) >= 11 is 0. The molecule has 0 amide bonds. The predicted molar refractivity (Wildman–Crippen MR) is 90.9 cm³/mol. The predicted octanol–water partition coefficient (Wildman–Crippen LogP) is 0.137. The van der Waals surface area contributed by atoms with E-state index >= 15 is 0 Å². The van der Waals surface area contributed by atoms with Crippen LogP contribution in [0.3, 0.4) is 0 Å². The van der Waals surface area contributed by atoms with E-state index in [1.807, 2.05) is 7.05 Å². The second kappa shape index (κ2) is 9.75. The molecule has 6 nitrogen and oxygen atoms in total. The largest absolute Gasteiger partial charge is 0.381 e. The van der Waals surface area contributed by atoms with E-state index in [2.05, 4.69) is 20.5 Å². The van der Waals surface area contributed by atoms with Gasteiger partial charge in [0, 0.05) is 52.3 Å². The fraction of sp³-hybridized carbons (Fsp3) is 0.923. The lowest BCUT2D eigenvalue weighted by molar-refractivity contribution is 0.00247. The summed E-state index contributed by atoms with van der Waals surface area (Å²) in [5.74, 6) is 1.46. The van der Waals surface area contributed by atoms with Crippen LogP contribution in [0.2, 0.25) is 0 Å². The van der Waals surface area contributed by atoms with E-state index < -0.39 is 0 Å². The van der Waals surface area contributed by atoms with Crippen molar-refractivity contribution in [3.63, 3.8) is 0 Å². The topological polar surface area (TPSA) is 58.1 Å². The second-order valence-electron chi connectivity index (χ2n) is 5.04. The molecule has 7 heteroatoms. The van der Waals surface area contributed by atoms with E-state index in [1.165, 1.54) is 0 Å². The van der Waals surface area contributed by atoms with Crippen LogP contribution in [0.15, 0.2) is 4.99 Å². The van der Waals surface area contributed by atoms with Crippen molar-refractivity contribution in [3.8, 4) is 0 Å². The first kappa shape index (κ1) is 17.9. The number of nitrogens with zero attached hydrogens (tertiary/aromatic N) is 2. The van der Waals surface area contributed by atoms with Crippen LogP contribution in [0, 0.1) is 5.92 Å². The minimum Gasteiger partial charge on any atom is -0.381 e. The Hall–Kier alpha value is -0.120. The summed E-state index contributed by atoms with van der Waals surface area (Å²) in [6.45, 7) is 6.38. The Kier molecular flexibility index (Phi) is 8.74. The molecule has 2 aliphatic heterocycles. The number of hydrogen-bond acceptors (Lipinski definition) is 4. The van der Waals surface area contributed by atoms with Gasteiger partial charge in [-0.3, -0.25) is 9.89 Å². The summed E-state index contributed by atoms with van der Waals surface area (Å²) in [6, 6.07) is 0.497. The van der Waals surface area contributed by atoms with Gasteiger partial charge in [0.25, 0.3) is 0 Å². The van der Waals surface area contributed by atoms with Gasteiger partial charge >= 0.3 is 0 Å². The zero-order valence-corrected chi connectivity index (χ0v) is 14.8. The van der Waals surface area contributed by atoms with Crippen LogP contribution in [0.1, 0.15) is 6.42 Å². The van der Waals surface area contributed by atoms with Crippen molar-refractivity contribution in [2.45, 2.75) is 12.5 Å². The highest BCUT2D eigenvalue weighted by Crippen LogP contribution is 2.21. The van der Waals surface area contributed by atoms with Crippen molar-refractivity contribution in [1.82, 2.24) is 15.5 Å². The van der Waals surface area contributed by atoms with Crippen LogP contribution in [0.5, 0.6) is 0 Å². The maximum atomic E-state index is 5.56. The van der Waals surface area contributed by atoms with Gasteiger partial charge in [-0.05, 0) is 6.42 Å². The SMILES string of the molecule is CN=C(NC)NCC(C1CCOC1)N1CCOCC1.I. The van der Waals surface area contributed by atoms with Gasteiger partial charge in [0.2, 0.25) is 0 Å². The lowest BCUT2D eigenvalue weighted by Crippen LogP contribution is -2.53. The summed E-state index contributed by atoms with van der Waals surface area (Å²) in [5, 5.41) is 6.46. The molecular formula is C13H27IN4O2. The molecule has 0 aromatic heterocycles. The Balaban J connectivity index is 0.00000200. The number of morpholine rings is 1. The van der Waals surface area contributed by atoms with E-state index in [0.717, 1.165) is 58.4 Å². The van der Waals surface area contributed by atoms with Crippen LogP contribution in [-0.2, 0) is 9.47 Å². The van der Waals surface area contributed by atoms with Gasteiger partial charge in [0.05, 0.1) is 19.8 Å². The molecule has 0 aliphatic carbocycles. The second-order valence-corrected chi connectivity index (χ2v) is 5.04. The third kappa shape index (κ3) is 5.01. The molecule has 2 saturated heterocycles. The highest BCUT2D eigenvalue weighted by molar-refractivity contribution is 14.0. The Bertz CT molecular complexity index is 292. The number of hydrogen-bond donors (Lipinski definition) is 2. The van der Waals surface area contributed by atoms with E-state index in [4.69, 9.17) is 9.47 Å². The molecule has 2 rings (SSSR count). The monoisotopic (exact) mass is 398 g/mol. The average Bonchev–Trinajstić information content (AvgIpc) is 2.99. The van der Waals surface area contributed by atoms with Crippen molar-refractivity contribution in [2.24, 2.45) is 10.9 Å². The first-order valence-corrected chi connectivity index (χ1v) is 7.13. The molecule has 0 aromatic carbocycles. The normalized spacial score (nSPS) is 25.9. The third-order valence-corrected chi connectivity index (χ3v) is 3.96. The zero-order chi connectivity index (χ0) is 13.5. The first-order chi connectivity index (χ1) is 9.35. The van der Waals surface area contributed by atoms with Crippen LogP contribution in [-0.4, -0.2) is 77.1 Å². The molecule has 0 saturated carbocycles. The Morgan fingerprint density at radius 2 is 2.05 bits per heavy atom. The third-order valence-electron chi connectivity index (χ3n) is 3.96. The summed E-state index contributed by atoms with van der Waals surface area (Å²) in [5.41, 5.74) is 0. The van der Waals surface area contributed by atoms with Gasteiger partial charge in [-0.15, -0.1) is 24.0 Å². The summed E-state index contributed by atoms with van der Waals surface area (Å²) in [6.07, 6.45) is 1.15. The Morgan fingerprint density at radius 1 is 1.30 bits per heavy atom. The van der Waals surface area contributed by atoms with Crippen LogP contribution in [0.4, 0.5) is 0 Å². The quantitative estimate of drug-likeness (QED) is 0.401. The molecule has 2 heterocycles. The van der Waals surface area contributed by atoms with E-state index in [-0.39, 0.29) is 24.0 Å². The molecule has 0 aromatic rings. The van der Waals surface area contributed by atoms with Gasteiger partial charge in [-0.25, -0.2) is 0 Å². The van der Waals surface area contributed by atoms with Gasteiger partial charge in [0.15, 0.2) is 5.96 Å². The number of halogens is 1. The summed E-state index contributed by atoms with van der Waals surface area (Å²) < 4.78 is 11.0. The fourth-order valence-corrected chi connectivity index (χ4v) is 2.84. The highest BCUT2D eigenvalue weighted by Gasteiger charge is 2.31. The van der Waals surface area contributed by atoms with E-state index in [0.29, 0.717) is 12.0 Å². The molecule has 0 spiro atoms. The molecule has 20 heavy (non-hydrogen) atoms. The minimum absolute atomic E-state index is 0. The maximum absolute atomic E-state index is 5.56. The zero-order valence-electron chi connectivity index (χ0n) is 12.4. The van der Waals surface area contributed by atoms with Gasteiger partial charge < -0.3 is 20.1 Å². The lowest BCUT2D eigenvalue weighted by Gasteiger charge is -2.37. The summed E-state index contributed by atoms with van der Waals surface area (Å²) in [4.78, 5) is 6.70. The molecule has 2 atom stereocenters. The lowest BCUT2D eigenvalue weighted by atomic mass is 9.97. The van der Waals surface area contributed by atoms with Gasteiger partial charge in [0.1, 0.15) is 0 Å². The van der Waals surface area contributed by atoms with E-state index in [9.17, 15) is 0 Å². The molecule has 2 unspecified atom stereocenters.